The number of imidazole rings is 1. The second-order valence-corrected chi connectivity index (χ2v) is 4.14. The third kappa shape index (κ3) is 1.71. The van der Waals surface area contributed by atoms with Crippen LogP contribution in [-0.2, 0) is 6.42 Å². The van der Waals surface area contributed by atoms with Crippen LogP contribution < -0.4 is 5.32 Å². The Morgan fingerprint density at radius 3 is 2.88 bits per heavy atom. The molecule has 0 spiro atoms. The number of nitriles is 1. The van der Waals surface area contributed by atoms with Gasteiger partial charge in [0.05, 0.1) is 29.7 Å². The molecule has 0 radical (unpaired) electrons. The van der Waals surface area contributed by atoms with E-state index in [1.54, 1.807) is 6.33 Å². The van der Waals surface area contributed by atoms with E-state index in [0.29, 0.717) is 5.56 Å². The quantitative estimate of drug-likeness (QED) is 0.771. The Kier molecular flexibility index (Phi) is 2.39. The van der Waals surface area contributed by atoms with Crippen LogP contribution in [0.2, 0.25) is 0 Å². The van der Waals surface area contributed by atoms with Gasteiger partial charge in [-0.2, -0.15) is 5.26 Å². The maximum absolute atomic E-state index is 8.78. The van der Waals surface area contributed by atoms with Crippen molar-refractivity contribution in [3.05, 3.63) is 53.1 Å². The lowest BCUT2D eigenvalue weighted by Gasteiger charge is -2.23. The number of hydrogen-bond acceptors (Lipinski definition) is 3. The van der Waals surface area contributed by atoms with Gasteiger partial charge >= 0.3 is 0 Å². The van der Waals surface area contributed by atoms with Gasteiger partial charge in [0, 0.05) is 18.7 Å². The monoisotopic (exact) mass is 224 g/mol. The molecule has 0 bridgehead atoms. The molecule has 1 aromatic carbocycles. The van der Waals surface area contributed by atoms with Gasteiger partial charge in [-0.3, -0.25) is 0 Å². The Labute approximate surface area is 99.3 Å². The van der Waals surface area contributed by atoms with Gasteiger partial charge in [0.1, 0.15) is 0 Å². The van der Waals surface area contributed by atoms with Gasteiger partial charge in [-0.25, -0.2) is 4.98 Å². The minimum absolute atomic E-state index is 0.137. The molecule has 1 unspecified atom stereocenters. The number of fused-ring (bicyclic) bond motifs is 1. The van der Waals surface area contributed by atoms with E-state index in [9.17, 15) is 0 Å². The summed E-state index contributed by atoms with van der Waals surface area (Å²) in [6.45, 7) is 0.944. The molecule has 4 heteroatoms. The van der Waals surface area contributed by atoms with Crippen molar-refractivity contribution in [2.45, 2.75) is 12.5 Å². The first-order valence-corrected chi connectivity index (χ1v) is 5.64. The summed E-state index contributed by atoms with van der Waals surface area (Å²) in [5.74, 6) is 0. The summed E-state index contributed by atoms with van der Waals surface area (Å²) in [5, 5.41) is 12.2. The molecule has 0 saturated heterocycles. The van der Waals surface area contributed by atoms with E-state index in [2.05, 4.69) is 21.4 Å². The van der Waals surface area contributed by atoms with Gasteiger partial charge in [0.2, 0.25) is 0 Å². The van der Waals surface area contributed by atoms with Crippen molar-refractivity contribution in [1.29, 1.82) is 5.26 Å². The second-order valence-electron chi connectivity index (χ2n) is 4.14. The molecule has 3 rings (SSSR count). The summed E-state index contributed by atoms with van der Waals surface area (Å²) in [4.78, 5) is 7.55. The third-order valence-corrected chi connectivity index (χ3v) is 3.12. The van der Waals surface area contributed by atoms with Gasteiger partial charge in [-0.05, 0) is 17.7 Å². The van der Waals surface area contributed by atoms with Crippen molar-refractivity contribution in [2.75, 3.05) is 6.54 Å². The lowest BCUT2D eigenvalue weighted by molar-refractivity contribution is 0.553. The molecule has 2 N–H and O–H groups in total. The molecule has 0 amide bonds. The summed E-state index contributed by atoms with van der Waals surface area (Å²) in [5.41, 5.74) is 4.11. The molecular formula is C13H12N4. The predicted octanol–water partition coefficient (Wildman–Crippen LogP) is 1.52. The normalized spacial score (nSPS) is 18.4. The van der Waals surface area contributed by atoms with E-state index in [0.717, 1.165) is 24.2 Å². The highest BCUT2D eigenvalue weighted by Crippen LogP contribution is 2.26. The van der Waals surface area contributed by atoms with Crippen LogP contribution >= 0.6 is 0 Å². The summed E-state index contributed by atoms with van der Waals surface area (Å²) in [6, 6.07) is 9.93. The Morgan fingerprint density at radius 1 is 1.29 bits per heavy atom. The van der Waals surface area contributed by atoms with Crippen LogP contribution in [0, 0.1) is 11.3 Å². The number of nitrogens with zero attached hydrogens (tertiary/aromatic N) is 2. The lowest BCUT2D eigenvalue weighted by Crippen LogP contribution is -2.30. The number of hydrogen-bond donors (Lipinski definition) is 2. The van der Waals surface area contributed by atoms with Crippen molar-refractivity contribution in [3.8, 4) is 6.07 Å². The number of benzene rings is 1. The van der Waals surface area contributed by atoms with E-state index >= 15 is 0 Å². The van der Waals surface area contributed by atoms with Gasteiger partial charge in [0.15, 0.2) is 0 Å². The van der Waals surface area contributed by atoms with E-state index < -0.39 is 0 Å². The highest BCUT2D eigenvalue weighted by atomic mass is 15.0. The molecule has 0 saturated carbocycles. The van der Waals surface area contributed by atoms with Gasteiger partial charge < -0.3 is 10.3 Å². The Morgan fingerprint density at radius 2 is 2.12 bits per heavy atom. The number of H-pyrrole nitrogens is 1. The first-order chi connectivity index (χ1) is 8.38. The summed E-state index contributed by atoms with van der Waals surface area (Å²) in [7, 11) is 0. The van der Waals surface area contributed by atoms with E-state index in [1.165, 1.54) is 5.69 Å². The van der Waals surface area contributed by atoms with E-state index in [1.807, 2.05) is 24.3 Å². The Bertz CT molecular complexity index is 562. The van der Waals surface area contributed by atoms with Crippen LogP contribution in [0.5, 0.6) is 0 Å². The third-order valence-electron chi connectivity index (χ3n) is 3.12. The van der Waals surface area contributed by atoms with Crippen molar-refractivity contribution < 1.29 is 0 Å². The van der Waals surface area contributed by atoms with Crippen molar-refractivity contribution in [2.24, 2.45) is 0 Å². The fourth-order valence-electron chi connectivity index (χ4n) is 2.24. The van der Waals surface area contributed by atoms with Crippen LogP contribution in [0.1, 0.15) is 28.6 Å². The molecular weight excluding hydrogens is 212 g/mol. The van der Waals surface area contributed by atoms with Gasteiger partial charge in [-0.1, -0.05) is 12.1 Å². The SMILES string of the molecule is N#Cc1ccc(C2NCCc3[nH]cnc32)cc1. The molecule has 17 heavy (non-hydrogen) atoms. The molecule has 4 nitrogen and oxygen atoms in total. The van der Waals surface area contributed by atoms with Crippen molar-refractivity contribution >= 4 is 0 Å². The maximum Gasteiger partial charge on any atom is 0.0991 e. The molecule has 1 aliphatic rings. The average molecular weight is 224 g/mol. The largest absolute Gasteiger partial charge is 0.348 e. The number of rotatable bonds is 1. The molecule has 2 aromatic rings. The molecule has 1 atom stereocenters. The summed E-state index contributed by atoms with van der Waals surface area (Å²) < 4.78 is 0. The zero-order valence-corrected chi connectivity index (χ0v) is 9.27. The highest BCUT2D eigenvalue weighted by Gasteiger charge is 2.23. The zero-order chi connectivity index (χ0) is 11.7. The molecule has 0 aliphatic carbocycles. The van der Waals surface area contributed by atoms with E-state index in [4.69, 9.17) is 5.26 Å². The van der Waals surface area contributed by atoms with Crippen LogP contribution in [-0.4, -0.2) is 16.5 Å². The average Bonchev–Trinajstić information content (AvgIpc) is 2.87. The number of nitrogens with one attached hydrogen (secondary N) is 2. The molecule has 0 fully saturated rings. The van der Waals surface area contributed by atoms with Gasteiger partial charge in [0.25, 0.3) is 0 Å². The Balaban J connectivity index is 1.98. The standard InChI is InChI=1S/C13H12N4/c14-7-9-1-3-10(4-2-9)12-13-11(5-6-15-12)16-8-17-13/h1-4,8,12,15H,5-6H2,(H,16,17). The van der Waals surface area contributed by atoms with Crippen LogP contribution in [0.15, 0.2) is 30.6 Å². The highest BCUT2D eigenvalue weighted by molar-refractivity contribution is 5.37. The number of aromatic amines is 1. The van der Waals surface area contributed by atoms with E-state index in [-0.39, 0.29) is 6.04 Å². The van der Waals surface area contributed by atoms with Crippen molar-refractivity contribution in [1.82, 2.24) is 15.3 Å². The topological polar surface area (TPSA) is 64.5 Å². The number of aromatic nitrogens is 2. The minimum atomic E-state index is 0.137. The molecule has 1 aromatic heterocycles. The summed E-state index contributed by atoms with van der Waals surface area (Å²) in [6.07, 6.45) is 2.73. The van der Waals surface area contributed by atoms with Gasteiger partial charge in [-0.15, -0.1) is 0 Å². The summed E-state index contributed by atoms with van der Waals surface area (Å²) >= 11 is 0. The fourth-order valence-corrected chi connectivity index (χ4v) is 2.24. The first-order valence-electron chi connectivity index (χ1n) is 5.64. The van der Waals surface area contributed by atoms with Crippen LogP contribution in [0.4, 0.5) is 0 Å². The molecule has 84 valence electrons. The van der Waals surface area contributed by atoms with Crippen LogP contribution in [0.3, 0.4) is 0 Å². The first kappa shape index (κ1) is 10.1. The Hall–Kier alpha value is -2.12. The zero-order valence-electron chi connectivity index (χ0n) is 9.27. The molecule has 1 aliphatic heterocycles. The van der Waals surface area contributed by atoms with Crippen molar-refractivity contribution in [3.63, 3.8) is 0 Å². The fraction of sp³-hybridized carbons (Fsp3) is 0.231. The lowest BCUT2D eigenvalue weighted by atomic mass is 9.97. The minimum Gasteiger partial charge on any atom is -0.348 e. The smallest absolute Gasteiger partial charge is 0.0991 e. The second kappa shape index (κ2) is 4.04. The predicted molar refractivity (Wildman–Crippen MR) is 63.3 cm³/mol. The van der Waals surface area contributed by atoms with Crippen LogP contribution in [0.25, 0.3) is 0 Å². The molecule has 2 heterocycles. The maximum atomic E-state index is 8.78.